The number of carbonyl (C=O) groups is 2. The van der Waals surface area contributed by atoms with Gasteiger partial charge in [-0.3, -0.25) is 19.5 Å². The molecule has 2 amide bonds. The van der Waals surface area contributed by atoms with Gasteiger partial charge < -0.3 is 15.0 Å². The van der Waals surface area contributed by atoms with Crippen molar-refractivity contribution >= 4 is 11.8 Å². The molecule has 1 saturated heterocycles. The summed E-state index contributed by atoms with van der Waals surface area (Å²) in [6.45, 7) is 2.73. The van der Waals surface area contributed by atoms with Crippen molar-refractivity contribution in [2.75, 3.05) is 33.2 Å². The summed E-state index contributed by atoms with van der Waals surface area (Å²) in [6, 6.07) is 20.0. The number of aromatic nitrogens is 1. The maximum absolute atomic E-state index is 13.6. The van der Waals surface area contributed by atoms with E-state index in [2.05, 4.69) is 22.4 Å². The molecule has 1 aromatic heterocycles. The Morgan fingerprint density at radius 3 is 2.51 bits per heavy atom. The maximum Gasteiger partial charge on any atom is 0.236 e. The Labute approximate surface area is 218 Å². The van der Waals surface area contributed by atoms with Gasteiger partial charge in [0.05, 0.1) is 12.0 Å². The molecule has 1 N–H and O–H groups in total. The minimum atomic E-state index is -0.552. The molecule has 4 bridgehead atoms. The normalized spacial score (nSPS) is 17.2. The molecular formula is C30H34N4O3. The van der Waals surface area contributed by atoms with Gasteiger partial charge in [0, 0.05) is 38.6 Å². The molecule has 3 heterocycles. The molecule has 0 aliphatic carbocycles. The van der Waals surface area contributed by atoms with E-state index >= 15 is 0 Å². The van der Waals surface area contributed by atoms with E-state index in [1.165, 1.54) is 0 Å². The molecule has 2 aliphatic rings. The molecular weight excluding hydrogens is 464 g/mol. The van der Waals surface area contributed by atoms with Crippen LogP contribution in [0.2, 0.25) is 0 Å². The van der Waals surface area contributed by atoms with Crippen LogP contribution < -0.4 is 10.1 Å². The Morgan fingerprint density at radius 2 is 1.78 bits per heavy atom. The van der Waals surface area contributed by atoms with Crippen LogP contribution in [0, 0.1) is 5.41 Å². The fourth-order valence-electron chi connectivity index (χ4n) is 5.38. The van der Waals surface area contributed by atoms with E-state index in [0.717, 1.165) is 34.6 Å². The molecule has 7 heteroatoms. The van der Waals surface area contributed by atoms with Crippen LogP contribution in [0.4, 0.5) is 0 Å². The van der Waals surface area contributed by atoms with Gasteiger partial charge in [-0.25, -0.2) is 0 Å². The highest BCUT2D eigenvalue weighted by molar-refractivity contribution is 5.84. The number of rotatable bonds is 4. The number of hydrogen-bond acceptors (Lipinski definition) is 5. The second-order valence-corrected chi connectivity index (χ2v) is 10.3. The number of likely N-dealkylation sites (tertiary alicyclic amines) is 1. The van der Waals surface area contributed by atoms with Crippen molar-refractivity contribution in [2.24, 2.45) is 5.41 Å². The zero-order valence-corrected chi connectivity index (χ0v) is 21.4. The van der Waals surface area contributed by atoms with Crippen molar-refractivity contribution in [1.29, 1.82) is 0 Å². The first-order chi connectivity index (χ1) is 18.0. The molecule has 2 aliphatic heterocycles. The summed E-state index contributed by atoms with van der Waals surface area (Å²) >= 11 is 0. The Hall–Kier alpha value is -3.71. The first kappa shape index (κ1) is 25.0. The van der Waals surface area contributed by atoms with Gasteiger partial charge in [-0.05, 0) is 79.8 Å². The van der Waals surface area contributed by atoms with Gasteiger partial charge in [-0.2, -0.15) is 0 Å². The number of fused-ring (bicyclic) bond motifs is 4. The molecule has 0 radical (unpaired) electrons. The lowest BCUT2D eigenvalue weighted by atomic mass is 9.72. The van der Waals surface area contributed by atoms with Crippen molar-refractivity contribution in [3.8, 4) is 11.5 Å². The molecule has 1 fully saturated rings. The van der Waals surface area contributed by atoms with Gasteiger partial charge in [-0.15, -0.1) is 0 Å². The lowest BCUT2D eigenvalue weighted by Gasteiger charge is -2.41. The standard InChI is InChI=1S/C30H34N4O3/c1-33(21-25-7-4-13-31-20-25)22-28(35)34-15-11-30(12-16-34)19-24-6-3-9-27(18-24)37-26-8-2-5-23(17-26)10-14-32-29(30)36/h2-9,13,17-18,20H,10-12,14-16,19,21-22H2,1H3,(H,32,36). The summed E-state index contributed by atoms with van der Waals surface area (Å²) in [5.74, 6) is 1.75. The van der Waals surface area contributed by atoms with Crippen LogP contribution >= 0.6 is 0 Å². The Balaban J connectivity index is 1.27. The number of benzene rings is 2. The molecule has 3 aromatic rings. The number of nitrogens with zero attached hydrogens (tertiary/aromatic N) is 3. The van der Waals surface area contributed by atoms with Crippen molar-refractivity contribution in [3.63, 3.8) is 0 Å². The van der Waals surface area contributed by atoms with Gasteiger partial charge in [0.1, 0.15) is 11.5 Å². The number of ether oxygens (including phenoxy) is 1. The summed E-state index contributed by atoms with van der Waals surface area (Å²) < 4.78 is 6.14. The Bertz CT molecular complexity index is 1240. The SMILES string of the molecule is CN(CC(=O)N1CCC2(CC1)Cc1cccc(c1)Oc1cccc(c1)CCNC2=O)Cc1cccnc1. The number of pyridine rings is 1. The molecule has 0 saturated carbocycles. The smallest absolute Gasteiger partial charge is 0.236 e. The average molecular weight is 499 g/mol. The van der Waals surface area contributed by atoms with E-state index in [-0.39, 0.29) is 11.8 Å². The van der Waals surface area contributed by atoms with Crippen LogP contribution in [-0.2, 0) is 29.0 Å². The van der Waals surface area contributed by atoms with Crippen molar-refractivity contribution in [2.45, 2.75) is 32.2 Å². The van der Waals surface area contributed by atoms with Crippen LogP contribution in [0.15, 0.2) is 73.1 Å². The number of nitrogens with one attached hydrogen (secondary N) is 1. The lowest BCUT2D eigenvalue weighted by Crippen LogP contribution is -2.52. The number of carbonyl (C=O) groups excluding carboxylic acids is 2. The highest BCUT2D eigenvalue weighted by atomic mass is 16.5. The molecule has 0 atom stereocenters. The van der Waals surface area contributed by atoms with Crippen molar-refractivity contribution in [3.05, 3.63) is 89.7 Å². The summed E-state index contributed by atoms with van der Waals surface area (Å²) in [4.78, 5) is 34.8. The number of amides is 2. The summed E-state index contributed by atoms with van der Waals surface area (Å²) in [5, 5.41) is 3.20. The van der Waals surface area contributed by atoms with E-state index in [9.17, 15) is 9.59 Å². The van der Waals surface area contributed by atoms with Gasteiger partial charge in [-0.1, -0.05) is 30.3 Å². The Morgan fingerprint density at radius 1 is 1.05 bits per heavy atom. The second kappa shape index (κ2) is 11.1. The van der Waals surface area contributed by atoms with E-state index in [4.69, 9.17) is 4.74 Å². The van der Waals surface area contributed by atoms with E-state index in [1.54, 1.807) is 6.20 Å². The van der Waals surface area contributed by atoms with Crippen LogP contribution in [0.3, 0.4) is 0 Å². The molecule has 1 spiro atoms. The van der Waals surface area contributed by atoms with Gasteiger partial charge >= 0.3 is 0 Å². The van der Waals surface area contributed by atoms with Crippen LogP contribution in [0.25, 0.3) is 0 Å². The van der Waals surface area contributed by atoms with Gasteiger partial charge in [0.25, 0.3) is 0 Å². The third-order valence-corrected chi connectivity index (χ3v) is 7.41. The molecule has 5 rings (SSSR count). The van der Waals surface area contributed by atoms with Gasteiger partial charge in [0.2, 0.25) is 11.8 Å². The summed E-state index contributed by atoms with van der Waals surface area (Å²) in [6.07, 6.45) is 6.21. The van der Waals surface area contributed by atoms with Crippen LogP contribution in [0.5, 0.6) is 11.5 Å². The molecule has 37 heavy (non-hydrogen) atoms. The fourth-order valence-corrected chi connectivity index (χ4v) is 5.38. The lowest BCUT2D eigenvalue weighted by molar-refractivity contribution is -0.141. The predicted molar refractivity (Wildman–Crippen MR) is 142 cm³/mol. The molecule has 192 valence electrons. The topological polar surface area (TPSA) is 74.8 Å². The summed E-state index contributed by atoms with van der Waals surface area (Å²) in [5.41, 5.74) is 2.72. The van der Waals surface area contributed by atoms with Crippen molar-refractivity contribution < 1.29 is 14.3 Å². The van der Waals surface area contributed by atoms with E-state index < -0.39 is 5.41 Å². The molecule has 2 aromatic carbocycles. The van der Waals surface area contributed by atoms with E-state index in [0.29, 0.717) is 52.0 Å². The van der Waals surface area contributed by atoms with Crippen LogP contribution in [0.1, 0.15) is 29.5 Å². The van der Waals surface area contributed by atoms with Crippen LogP contribution in [-0.4, -0.2) is 59.8 Å². The largest absolute Gasteiger partial charge is 0.457 e. The third kappa shape index (κ3) is 6.17. The fraction of sp³-hybridized carbons (Fsp3) is 0.367. The number of piperidine rings is 1. The first-order valence-electron chi connectivity index (χ1n) is 13.0. The summed E-state index contributed by atoms with van der Waals surface area (Å²) in [7, 11) is 1.95. The zero-order chi connectivity index (χ0) is 25.7. The average Bonchev–Trinajstić information content (AvgIpc) is 2.90. The van der Waals surface area contributed by atoms with Gasteiger partial charge in [0.15, 0.2) is 0 Å². The highest BCUT2D eigenvalue weighted by Gasteiger charge is 2.42. The first-order valence-corrected chi connectivity index (χ1v) is 13.0. The quantitative estimate of drug-likeness (QED) is 0.592. The molecule has 0 unspecified atom stereocenters. The highest BCUT2D eigenvalue weighted by Crippen LogP contribution is 2.37. The number of hydrogen-bond donors (Lipinski definition) is 1. The monoisotopic (exact) mass is 498 g/mol. The molecule has 7 nitrogen and oxygen atoms in total. The Kier molecular flexibility index (Phi) is 7.51. The zero-order valence-electron chi connectivity index (χ0n) is 21.4. The maximum atomic E-state index is 13.6. The van der Waals surface area contributed by atoms with E-state index in [1.807, 2.05) is 71.6 Å². The number of likely N-dealkylation sites (N-methyl/N-ethyl adjacent to an activating group) is 1. The minimum absolute atomic E-state index is 0.0787. The van der Waals surface area contributed by atoms with Crippen molar-refractivity contribution in [1.82, 2.24) is 20.1 Å². The second-order valence-electron chi connectivity index (χ2n) is 10.3. The minimum Gasteiger partial charge on any atom is -0.457 e. The third-order valence-electron chi connectivity index (χ3n) is 7.41. The predicted octanol–water partition coefficient (Wildman–Crippen LogP) is 3.83.